The van der Waals surface area contributed by atoms with Crippen molar-refractivity contribution in [2.75, 3.05) is 5.32 Å². The van der Waals surface area contributed by atoms with Crippen LogP contribution in [0, 0.1) is 17.8 Å². The van der Waals surface area contributed by atoms with Crippen molar-refractivity contribution in [1.82, 2.24) is 9.78 Å². The number of nitrogens with one attached hydrogen (secondary N) is 1. The third-order valence-electron chi connectivity index (χ3n) is 5.54. The lowest BCUT2D eigenvalue weighted by Crippen LogP contribution is -2.22. The molecule has 1 heterocycles. The first-order chi connectivity index (χ1) is 11.7. The lowest BCUT2D eigenvalue weighted by Gasteiger charge is -2.21. The highest BCUT2D eigenvalue weighted by atomic mass is 35.5. The van der Waals surface area contributed by atoms with E-state index in [2.05, 4.69) is 10.4 Å². The first-order valence-corrected chi connectivity index (χ1v) is 9.11. The molecule has 1 aromatic heterocycles. The second kappa shape index (κ2) is 6.60. The molecule has 2 bridgehead atoms. The number of nitrogens with zero attached hydrogens (tertiary/aromatic N) is 2. The molecule has 5 heteroatoms. The fraction of sp³-hybridized carbons (Fsp3) is 0.474. The van der Waals surface area contributed by atoms with E-state index >= 15 is 0 Å². The van der Waals surface area contributed by atoms with Crippen LogP contribution in [0.4, 0.5) is 5.82 Å². The van der Waals surface area contributed by atoms with Gasteiger partial charge in [0.05, 0.1) is 12.7 Å². The van der Waals surface area contributed by atoms with Gasteiger partial charge in [0, 0.05) is 17.5 Å². The molecule has 1 amide bonds. The lowest BCUT2D eigenvalue weighted by molar-refractivity contribution is -0.117. The van der Waals surface area contributed by atoms with Gasteiger partial charge in [0.2, 0.25) is 5.91 Å². The molecule has 2 fully saturated rings. The molecule has 126 valence electrons. The van der Waals surface area contributed by atoms with Crippen molar-refractivity contribution >= 4 is 23.3 Å². The number of anilines is 1. The molecule has 2 saturated carbocycles. The topological polar surface area (TPSA) is 46.9 Å². The van der Waals surface area contributed by atoms with Crippen LogP contribution in [-0.2, 0) is 11.3 Å². The first-order valence-electron chi connectivity index (χ1n) is 8.73. The molecule has 0 saturated heterocycles. The van der Waals surface area contributed by atoms with Crippen LogP contribution in [0.5, 0.6) is 0 Å². The largest absolute Gasteiger partial charge is 0.311 e. The number of amides is 1. The van der Waals surface area contributed by atoms with Crippen LogP contribution < -0.4 is 5.32 Å². The molecule has 2 aliphatic rings. The van der Waals surface area contributed by atoms with Crippen molar-refractivity contribution in [1.29, 1.82) is 0 Å². The SMILES string of the molecule is O=C(C[C@@H]1C[C@H]2CC[C@H]1C2)Nc1ccnn1Cc1cccc(Cl)c1. The number of halogens is 1. The molecule has 3 atom stereocenters. The summed E-state index contributed by atoms with van der Waals surface area (Å²) in [5, 5.41) is 8.07. The summed E-state index contributed by atoms with van der Waals surface area (Å²) in [6, 6.07) is 9.56. The standard InChI is InChI=1S/C19H22ClN3O/c20-17-3-1-2-14(10-17)12-23-18(6-7-21-23)22-19(24)11-16-9-13-4-5-15(16)8-13/h1-3,6-7,10,13,15-16H,4-5,8-9,11-12H2,(H,22,24)/t13-,15-,16-/m0/s1. The van der Waals surface area contributed by atoms with Crippen molar-refractivity contribution in [2.45, 2.75) is 38.6 Å². The Morgan fingerprint density at radius 1 is 1.29 bits per heavy atom. The average molecular weight is 344 g/mol. The van der Waals surface area contributed by atoms with Gasteiger partial charge >= 0.3 is 0 Å². The molecule has 0 unspecified atom stereocenters. The van der Waals surface area contributed by atoms with E-state index in [1.54, 1.807) is 6.20 Å². The molecule has 24 heavy (non-hydrogen) atoms. The zero-order valence-corrected chi connectivity index (χ0v) is 14.4. The second-order valence-electron chi connectivity index (χ2n) is 7.19. The molecule has 4 nitrogen and oxygen atoms in total. The smallest absolute Gasteiger partial charge is 0.225 e. The minimum absolute atomic E-state index is 0.111. The van der Waals surface area contributed by atoms with Gasteiger partial charge in [-0.1, -0.05) is 30.2 Å². The van der Waals surface area contributed by atoms with E-state index in [-0.39, 0.29) is 5.91 Å². The van der Waals surface area contributed by atoms with Crippen LogP contribution in [0.15, 0.2) is 36.5 Å². The van der Waals surface area contributed by atoms with Crippen LogP contribution in [-0.4, -0.2) is 15.7 Å². The second-order valence-corrected chi connectivity index (χ2v) is 7.63. The Hall–Kier alpha value is -1.81. The maximum absolute atomic E-state index is 12.4. The minimum Gasteiger partial charge on any atom is -0.311 e. The predicted molar refractivity (Wildman–Crippen MR) is 95.0 cm³/mol. The molecular formula is C19H22ClN3O. The Balaban J connectivity index is 1.38. The number of carbonyl (C=O) groups is 1. The first kappa shape index (κ1) is 15.7. The number of rotatable bonds is 5. The summed E-state index contributed by atoms with van der Waals surface area (Å²) in [6.45, 7) is 0.595. The molecule has 2 aromatic rings. The Morgan fingerprint density at radius 2 is 2.21 bits per heavy atom. The normalized spacial score (nSPS) is 25.1. The minimum atomic E-state index is 0.111. The summed E-state index contributed by atoms with van der Waals surface area (Å²) in [4.78, 5) is 12.4. The number of hydrogen-bond acceptors (Lipinski definition) is 2. The van der Waals surface area contributed by atoms with Gasteiger partial charge in [0.1, 0.15) is 5.82 Å². The van der Waals surface area contributed by atoms with Crippen LogP contribution in [0.3, 0.4) is 0 Å². The fourth-order valence-electron chi connectivity index (χ4n) is 4.43. The summed E-state index contributed by atoms with van der Waals surface area (Å²) in [7, 11) is 0. The molecule has 0 spiro atoms. The van der Waals surface area contributed by atoms with Crippen molar-refractivity contribution < 1.29 is 4.79 Å². The quantitative estimate of drug-likeness (QED) is 0.877. The number of carbonyl (C=O) groups excluding carboxylic acids is 1. The van der Waals surface area contributed by atoms with Crippen LogP contribution >= 0.6 is 11.6 Å². The molecule has 4 rings (SSSR count). The van der Waals surface area contributed by atoms with Gasteiger partial charge in [-0.05, 0) is 54.7 Å². The maximum atomic E-state index is 12.4. The highest BCUT2D eigenvalue weighted by molar-refractivity contribution is 6.30. The van der Waals surface area contributed by atoms with E-state index in [9.17, 15) is 4.79 Å². The zero-order valence-electron chi connectivity index (χ0n) is 13.6. The highest BCUT2D eigenvalue weighted by Crippen LogP contribution is 2.49. The Bertz CT molecular complexity index is 742. The van der Waals surface area contributed by atoms with E-state index in [4.69, 9.17) is 11.6 Å². The van der Waals surface area contributed by atoms with E-state index in [0.29, 0.717) is 23.9 Å². The van der Waals surface area contributed by atoms with Gasteiger partial charge < -0.3 is 5.32 Å². The number of fused-ring (bicyclic) bond motifs is 2. The summed E-state index contributed by atoms with van der Waals surface area (Å²) < 4.78 is 1.81. The van der Waals surface area contributed by atoms with E-state index in [0.717, 1.165) is 23.2 Å². The summed E-state index contributed by atoms with van der Waals surface area (Å²) >= 11 is 6.04. The van der Waals surface area contributed by atoms with Crippen molar-refractivity contribution in [3.63, 3.8) is 0 Å². The number of hydrogen-bond donors (Lipinski definition) is 1. The van der Waals surface area contributed by atoms with Gasteiger partial charge in [-0.3, -0.25) is 4.79 Å². The van der Waals surface area contributed by atoms with Gasteiger partial charge in [-0.2, -0.15) is 5.10 Å². The lowest BCUT2D eigenvalue weighted by atomic mass is 9.86. The average Bonchev–Trinajstić information content (AvgIpc) is 3.25. The summed E-state index contributed by atoms with van der Waals surface area (Å²) in [5.74, 6) is 3.09. The van der Waals surface area contributed by atoms with Crippen molar-refractivity contribution in [2.24, 2.45) is 17.8 Å². The van der Waals surface area contributed by atoms with Crippen LogP contribution in [0.2, 0.25) is 5.02 Å². The third kappa shape index (κ3) is 3.34. The van der Waals surface area contributed by atoms with Gasteiger partial charge in [-0.25, -0.2) is 4.68 Å². The van der Waals surface area contributed by atoms with E-state index < -0.39 is 0 Å². The Morgan fingerprint density at radius 3 is 2.96 bits per heavy atom. The molecule has 0 radical (unpaired) electrons. The third-order valence-corrected chi connectivity index (χ3v) is 5.77. The van der Waals surface area contributed by atoms with Gasteiger partial charge in [0.25, 0.3) is 0 Å². The van der Waals surface area contributed by atoms with E-state index in [1.807, 2.05) is 35.0 Å². The molecule has 0 aliphatic heterocycles. The predicted octanol–water partition coefficient (Wildman–Crippen LogP) is 4.35. The summed E-state index contributed by atoms with van der Waals surface area (Å²) in [6.07, 6.45) is 7.62. The molecule has 2 aliphatic carbocycles. The van der Waals surface area contributed by atoms with Gasteiger partial charge in [-0.15, -0.1) is 0 Å². The number of benzene rings is 1. The fourth-order valence-corrected chi connectivity index (χ4v) is 4.64. The number of aromatic nitrogens is 2. The van der Waals surface area contributed by atoms with Gasteiger partial charge in [0.15, 0.2) is 0 Å². The Kier molecular flexibility index (Phi) is 4.31. The molecule has 1 N–H and O–H groups in total. The van der Waals surface area contributed by atoms with Crippen LogP contribution in [0.25, 0.3) is 0 Å². The Labute approximate surface area is 147 Å². The van der Waals surface area contributed by atoms with E-state index in [1.165, 1.54) is 25.7 Å². The maximum Gasteiger partial charge on any atom is 0.225 e. The monoisotopic (exact) mass is 343 g/mol. The zero-order chi connectivity index (χ0) is 16.5. The van der Waals surface area contributed by atoms with Crippen molar-refractivity contribution in [3.05, 3.63) is 47.1 Å². The summed E-state index contributed by atoms with van der Waals surface area (Å²) in [5.41, 5.74) is 1.06. The molecule has 1 aromatic carbocycles. The highest BCUT2D eigenvalue weighted by Gasteiger charge is 2.40. The van der Waals surface area contributed by atoms with Crippen molar-refractivity contribution in [3.8, 4) is 0 Å². The van der Waals surface area contributed by atoms with Crippen LogP contribution in [0.1, 0.15) is 37.7 Å². The molecular weight excluding hydrogens is 322 g/mol.